The fourth-order valence-electron chi connectivity index (χ4n) is 2.66. The molecule has 5 nitrogen and oxygen atoms in total. The minimum absolute atomic E-state index is 0.186. The maximum atomic E-state index is 12.5. The van der Waals surface area contributed by atoms with Crippen molar-refractivity contribution < 1.29 is 9.53 Å². The molecule has 1 fully saturated rings. The smallest absolute Gasteiger partial charge is 0.246 e. The standard InChI is InChI=1S/C17H20ClN3O2S/c1-11-14(10-12-3-2-4-13(18)9-12)24-16(20-11)21-15(22)17(19)5-7-23-8-6-17/h2-4,9H,5-8,10,19H2,1H3,(H,20,21,22). The van der Waals surface area contributed by atoms with Gasteiger partial charge in [0.25, 0.3) is 0 Å². The number of nitrogens with one attached hydrogen (secondary N) is 1. The summed E-state index contributed by atoms with van der Waals surface area (Å²) in [5.74, 6) is -0.186. The Balaban J connectivity index is 1.70. The van der Waals surface area contributed by atoms with Crippen molar-refractivity contribution in [2.24, 2.45) is 5.73 Å². The summed E-state index contributed by atoms with van der Waals surface area (Å²) in [6, 6.07) is 7.75. The summed E-state index contributed by atoms with van der Waals surface area (Å²) in [6.07, 6.45) is 1.79. The summed E-state index contributed by atoms with van der Waals surface area (Å²) in [6.45, 7) is 2.97. The molecule has 0 spiro atoms. The molecule has 0 aliphatic carbocycles. The molecule has 2 heterocycles. The summed E-state index contributed by atoms with van der Waals surface area (Å²) < 4.78 is 5.28. The minimum Gasteiger partial charge on any atom is -0.381 e. The molecule has 1 saturated heterocycles. The quantitative estimate of drug-likeness (QED) is 0.872. The fourth-order valence-corrected chi connectivity index (χ4v) is 3.87. The van der Waals surface area contributed by atoms with E-state index in [9.17, 15) is 4.79 Å². The molecule has 1 aromatic heterocycles. The number of nitrogens with two attached hydrogens (primary N) is 1. The van der Waals surface area contributed by atoms with E-state index < -0.39 is 5.54 Å². The molecule has 0 saturated carbocycles. The highest BCUT2D eigenvalue weighted by molar-refractivity contribution is 7.15. The Kier molecular flexibility index (Phi) is 5.20. The second kappa shape index (κ2) is 7.19. The number of carbonyl (C=O) groups excluding carboxylic acids is 1. The van der Waals surface area contributed by atoms with Crippen LogP contribution in [0.4, 0.5) is 5.13 Å². The van der Waals surface area contributed by atoms with Crippen LogP contribution in [-0.2, 0) is 16.0 Å². The molecule has 7 heteroatoms. The lowest BCUT2D eigenvalue weighted by Crippen LogP contribution is -2.54. The summed E-state index contributed by atoms with van der Waals surface area (Å²) >= 11 is 7.51. The van der Waals surface area contributed by atoms with E-state index in [-0.39, 0.29) is 5.91 Å². The molecule has 1 aromatic carbocycles. The first-order valence-electron chi connectivity index (χ1n) is 7.85. The van der Waals surface area contributed by atoms with E-state index in [1.807, 2.05) is 31.2 Å². The van der Waals surface area contributed by atoms with E-state index in [0.717, 1.165) is 22.6 Å². The normalized spacial score (nSPS) is 16.8. The Hall–Kier alpha value is -1.47. The number of hydrogen-bond acceptors (Lipinski definition) is 5. The highest BCUT2D eigenvalue weighted by atomic mass is 35.5. The lowest BCUT2D eigenvalue weighted by molar-refractivity contribution is -0.124. The molecule has 128 valence electrons. The van der Waals surface area contributed by atoms with Crippen LogP contribution in [0.15, 0.2) is 24.3 Å². The molecular weight excluding hydrogens is 346 g/mol. The third-order valence-corrected chi connectivity index (χ3v) is 5.51. The number of aromatic nitrogens is 1. The van der Waals surface area contributed by atoms with Crippen LogP contribution in [0.3, 0.4) is 0 Å². The Morgan fingerprint density at radius 3 is 2.92 bits per heavy atom. The van der Waals surface area contributed by atoms with Crippen LogP contribution >= 0.6 is 22.9 Å². The van der Waals surface area contributed by atoms with Gasteiger partial charge in [-0.3, -0.25) is 4.79 Å². The average molecular weight is 366 g/mol. The van der Waals surface area contributed by atoms with Gasteiger partial charge in [0.2, 0.25) is 5.91 Å². The number of carbonyl (C=O) groups is 1. The lowest BCUT2D eigenvalue weighted by atomic mass is 9.90. The molecule has 1 aliphatic rings. The minimum atomic E-state index is -0.870. The number of thiazole rings is 1. The monoisotopic (exact) mass is 365 g/mol. The molecule has 3 rings (SSSR count). The highest BCUT2D eigenvalue weighted by Gasteiger charge is 2.36. The fraction of sp³-hybridized carbons (Fsp3) is 0.412. The van der Waals surface area contributed by atoms with Crippen molar-refractivity contribution >= 4 is 34.0 Å². The van der Waals surface area contributed by atoms with Gasteiger partial charge in [0.15, 0.2) is 5.13 Å². The van der Waals surface area contributed by atoms with Gasteiger partial charge in [0, 0.05) is 29.5 Å². The molecule has 1 aliphatic heterocycles. The van der Waals surface area contributed by atoms with Gasteiger partial charge in [-0.25, -0.2) is 4.98 Å². The zero-order valence-electron chi connectivity index (χ0n) is 13.5. The molecule has 0 radical (unpaired) electrons. The molecule has 24 heavy (non-hydrogen) atoms. The van der Waals surface area contributed by atoms with Crippen molar-refractivity contribution in [3.8, 4) is 0 Å². The summed E-state index contributed by atoms with van der Waals surface area (Å²) in [4.78, 5) is 18.0. The molecule has 0 bridgehead atoms. The number of rotatable bonds is 4. The van der Waals surface area contributed by atoms with Crippen LogP contribution in [-0.4, -0.2) is 29.6 Å². The van der Waals surface area contributed by atoms with Gasteiger partial charge in [-0.1, -0.05) is 23.7 Å². The Labute approximate surface area is 150 Å². The Morgan fingerprint density at radius 1 is 1.46 bits per heavy atom. The van der Waals surface area contributed by atoms with Crippen molar-refractivity contribution in [3.05, 3.63) is 45.4 Å². The van der Waals surface area contributed by atoms with Crippen molar-refractivity contribution in [3.63, 3.8) is 0 Å². The SMILES string of the molecule is Cc1nc(NC(=O)C2(N)CCOCC2)sc1Cc1cccc(Cl)c1. The van der Waals surface area contributed by atoms with E-state index in [1.165, 1.54) is 11.3 Å². The van der Waals surface area contributed by atoms with Gasteiger partial charge in [-0.2, -0.15) is 0 Å². The number of halogens is 1. The van der Waals surface area contributed by atoms with Crippen molar-refractivity contribution in [2.75, 3.05) is 18.5 Å². The van der Waals surface area contributed by atoms with Crippen LogP contribution in [0.1, 0.15) is 29.0 Å². The molecule has 2 aromatic rings. The number of aryl methyl sites for hydroxylation is 1. The number of nitrogens with zero attached hydrogens (tertiary/aromatic N) is 1. The topological polar surface area (TPSA) is 77.2 Å². The molecule has 0 unspecified atom stereocenters. The van der Waals surface area contributed by atoms with Crippen LogP contribution in [0.5, 0.6) is 0 Å². The first kappa shape index (κ1) is 17.4. The van der Waals surface area contributed by atoms with Gasteiger partial charge in [-0.05, 0) is 37.5 Å². The molecule has 1 amide bonds. The van der Waals surface area contributed by atoms with E-state index in [2.05, 4.69) is 10.3 Å². The van der Waals surface area contributed by atoms with Crippen LogP contribution in [0.2, 0.25) is 5.02 Å². The number of ether oxygens (including phenoxy) is 1. The van der Waals surface area contributed by atoms with Crippen molar-refractivity contribution in [1.82, 2.24) is 4.98 Å². The number of hydrogen-bond donors (Lipinski definition) is 2. The predicted molar refractivity (Wildman–Crippen MR) is 96.7 cm³/mol. The maximum Gasteiger partial charge on any atom is 0.246 e. The molecule has 0 atom stereocenters. The summed E-state index contributed by atoms with van der Waals surface area (Å²) in [5, 5.41) is 4.18. The number of anilines is 1. The van der Waals surface area contributed by atoms with Gasteiger partial charge in [0.1, 0.15) is 5.54 Å². The zero-order valence-corrected chi connectivity index (χ0v) is 15.0. The third kappa shape index (κ3) is 3.95. The second-order valence-corrected chi connectivity index (χ2v) is 7.58. The van der Waals surface area contributed by atoms with Gasteiger partial charge < -0.3 is 15.8 Å². The molecule has 3 N–H and O–H groups in total. The summed E-state index contributed by atoms with van der Waals surface area (Å²) in [7, 11) is 0. The van der Waals surface area contributed by atoms with E-state index >= 15 is 0 Å². The van der Waals surface area contributed by atoms with Gasteiger partial charge in [-0.15, -0.1) is 11.3 Å². The van der Waals surface area contributed by atoms with E-state index in [4.69, 9.17) is 22.1 Å². The van der Waals surface area contributed by atoms with Crippen LogP contribution in [0, 0.1) is 6.92 Å². The third-order valence-electron chi connectivity index (χ3n) is 4.20. The maximum absolute atomic E-state index is 12.5. The van der Waals surface area contributed by atoms with Gasteiger partial charge in [0.05, 0.1) is 5.69 Å². The van der Waals surface area contributed by atoms with Crippen molar-refractivity contribution in [1.29, 1.82) is 0 Å². The predicted octanol–water partition coefficient (Wildman–Crippen LogP) is 3.14. The lowest BCUT2D eigenvalue weighted by Gasteiger charge is -2.31. The second-order valence-electron chi connectivity index (χ2n) is 6.06. The van der Waals surface area contributed by atoms with E-state index in [1.54, 1.807) is 0 Å². The number of amides is 1. The average Bonchev–Trinajstić information content (AvgIpc) is 2.87. The Bertz CT molecular complexity index is 741. The first-order valence-corrected chi connectivity index (χ1v) is 9.04. The highest BCUT2D eigenvalue weighted by Crippen LogP contribution is 2.27. The summed E-state index contributed by atoms with van der Waals surface area (Å²) in [5.41, 5.74) is 7.36. The van der Waals surface area contributed by atoms with Gasteiger partial charge >= 0.3 is 0 Å². The first-order chi connectivity index (χ1) is 11.5. The number of benzene rings is 1. The largest absolute Gasteiger partial charge is 0.381 e. The molecular formula is C17H20ClN3O2S. The van der Waals surface area contributed by atoms with Crippen molar-refractivity contribution in [2.45, 2.75) is 31.7 Å². The van der Waals surface area contributed by atoms with Crippen LogP contribution in [0.25, 0.3) is 0 Å². The van der Waals surface area contributed by atoms with E-state index in [0.29, 0.717) is 36.2 Å². The zero-order chi connectivity index (χ0) is 17.2. The Morgan fingerprint density at radius 2 is 2.21 bits per heavy atom. The van der Waals surface area contributed by atoms with Crippen LogP contribution < -0.4 is 11.1 Å².